The summed E-state index contributed by atoms with van der Waals surface area (Å²) in [6, 6.07) is 27.2. The van der Waals surface area contributed by atoms with Crippen LogP contribution in [0.3, 0.4) is 0 Å². The lowest BCUT2D eigenvalue weighted by molar-refractivity contribution is -0.124. The highest BCUT2D eigenvalue weighted by molar-refractivity contribution is 7.16. The molecule has 94 heavy (non-hydrogen) atoms. The molecule has 514 valence electrons. The number of benzene rings is 2. The van der Waals surface area contributed by atoms with Gasteiger partial charge in [0.15, 0.2) is 0 Å². The Labute approximate surface area is 578 Å². The van der Waals surface area contributed by atoms with E-state index in [1.807, 2.05) is 40.1 Å². The van der Waals surface area contributed by atoms with E-state index in [4.69, 9.17) is 0 Å². The summed E-state index contributed by atoms with van der Waals surface area (Å²) in [4.78, 5) is 73.2. The summed E-state index contributed by atoms with van der Waals surface area (Å²) in [6.45, 7) is 15.9. The van der Waals surface area contributed by atoms with Crippen molar-refractivity contribution in [3.63, 3.8) is 0 Å². The third-order valence-corrected chi connectivity index (χ3v) is 22.7. The first-order valence-corrected chi connectivity index (χ1v) is 40.5. The van der Waals surface area contributed by atoms with Crippen LogP contribution in [0.4, 0.5) is 0 Å². The molecule has 6 heterocycles. The molecule has 2 unspecified atom stereocenters. The maximum Gasteiger partial charge on any atom is 0.261 e. The summed E-state index contributed by atoms with van der Waals surface area (Å²) in [7, 11) is 0. The molecule has 10 heteroatoms. The van der Waals surface area contributed by atoms with Crippen LogP contribution in [0.15, 0.2) is 107 Å². The smallest absolute Gasteiger partial charge is 0.261 e. The zero-order valence-electron chi connectivity index (χ0n) is 59.6. The normalized spacial score (nSPS) is 15.7. The van der Waals surface area contributed by atoms with Crippen LogP contribution in [0.25, 0.3) is 33.2 Å². The van der Waals surface area contributed by atoms with Gasteiger partial charge in [0.1, 0.15) is 0 Å². The van der Waals surface area contributed by atoms with Gasteiger partial charge in [-0.05, 0) is 90.6 Å². The molecule has 4 aromatic rings. The molecule has 0 N–H and O–H groups in total. The van der Waals surface area contributed by atoms with Crippen molar-refractivity contribution in [1.29, 1.82) is 0 Å². The SMILES string of the molecule is CCCCCCCCCCC(CCCCCCCC)CN1C(=O)C2=C(c3ccc(-c4ccc(C5=C6C(=O)N(CCCCCC)C(c7ccccc7)=C6C(=O)N5CCCCCC)cc4)s3)N(CC(CCCCCCCC)CCCCCCCCCC)C(=O)C2=C1c1cccs1. The lowest BCUT2D eigenvalue weighted by Crippen LogP contribution is -2.34. The van der Waals surface area contributed by atoms with E-state index in [9.17, 15) is 0 Å². The van der Waals surface area contributed by atoms with Crippen molar-refractivity contribution in [2.45, 2.75) is 298 Å². The summed E-state index contributed by atoms with van der Waals surface area (Å²) in [5, 5.41) is 2.11. The van der Waals surface area contributed by atoms with Gasteiger partial charge in [-0.1, -0.05) is 321 Å². The molecule has 0 saturated heterocycles. The third kappa shape index (κ3) is 20.4. The van der Waals surface area contributed by atoms with Crippen LogP contribution < -0.4 is 0 Å². The maximum absolute atomic E-state index is 16.1. The quantitative estimate of drug-likeness (QED) is 0.0413. The summed E-state index contributed by atoms with van der Waals surface area (Å²) in [5.74, 6) is 0.500. The fraction of sp³-hybridized carbons (Fsp3) is 0.619. The van der Waals surface area contributed by atoms with Gasteiger partial charge in [-0.25, -0.2) is 0 Å². The average molecular weight is 1320 g/mol. The predicted octanol–water partition coefficient (Wildman–Crippen LogP) is 24.0. The first-order valence-electron chi connectivity index (χ1n) is 38.8. The Morgan fingerprint density at radius 2 is 0.606 bits per heavy atom. The predicted molar refractivity (Wildman–Crippen MR) is 401 cm³/mol. The highest BCUT2D eigenvalue weighted by Gasteiger charge is 2.51. The van der Waals surface area contributed by atoms with E-state index in [0.29, 0.717) is 60.3 Å². The topological polar surface area (TPSA) is 81.2 Å². The number of carbonyl (C=O) groups excluding carboxylic acids is 4. The number of hydrogen-bond donors (Lipinski definition) is 0. The molecule has 8 nitrogen and oxygen atoms in total. The minimum absolute atomic E-state index is 0.00678. The van der Waals surface area contributed by atoms with Gasteiger partial charge in [-0.15, -0.1) is 22.7 Å². The van der Waals surface area contributed by atoms with Crippen molar-refractivity contribution in [2.75, 3.05) is 26.2 Å². The summed E-state index contributed by atoms with van der Waals surface area (Å²) in [5.41, 5.74) is 8.15. The highest BCUT2D eigenvalue weighted by Crippen LogP contribution is 2.51. The van der Waals surface area contributed by atoms with Gasteiger partial charge < -0.3 is 19.6 Å². The first kappa shape index (κ1) is 74.5. The number of fused-ring (bicyclic) bond motifs is 2. The largest absolute Gasteiger partial charge is 0.307 e. The Morgan fingerprint density at radius 3 is 0.989 bits per heavy atom. The van der Waals surface area contributed by atoms with Crippen molar-refractivity contribution in [1.82, 2.24) is 19.6 Å². The van der Waals surface area contributed by atoms with E-state index >= 15 is 19.2 Å². The monoisotopic (exact) mass is 1310 g/mol. The minimum Gasteiger partial charge on any atom is -0.307 e. The van der Waals surface area contributed by atoms with Gasteiger partial charge in [0.2, 0.25) is 0 Å². The van der Waals surface area contributed by atoms with Crippen molar-refractivity contribution >= 4 is 69.1 Å². The molecule has 2 atom stereocenters. The number of nitrogens with zero attached hydrogens (tertiary/aromatic N) is 4. The standard InChI is InChI=1S/C84H122N4O4S2/c1-7-13-19-25-29-31-35-40-49-65(47-38-33-27-21-15-9-3)63-87-79(71-53-46-62-93-71)75-76(84(87)92)80(88(83(75)91)64-66(48-39-34-28-22-16-10-4)50-41-36-32-30-26-20-14-8-2)72-59-58-70(94-72)67-54-56-69(57-55-67)78-74-73(81(89)86(78)61-45-24-18-12-6)77(68-51-42-37-43-52-68)85(82(74)90)60-44-23-17-11-5/h37,42-43,46,51-59,62,65-66H,7-36,38-41,44-45,47-50,60-61,63-64H2,1-6H3. The molecule has 4 amide bonds. The van der Waals surface area contributed by atoms with Crippen LogP contribution >= 0.6 is 22.7 Å². The van der Waals surface area contributed by atoms with Gasteiger partial charge >= 0.3 is 0 Å². The van der Waals surface area contributed by atoms with Gasteiger partial charge in [0, 0.05) is 31.1 Å². The molecule has 4 aliphatic rings. The van der Waals surface area contributed by atoms with Gasteiger partial charge in [-0.3, -0.25) is 19.2 Å². The van der Waals surface area contributed by atoms with Crippen molar-refractivity contribution in [2.24, 2.45) is 11.8 Å². The number of amides is 4. The third-order valence-electron chi connectivity index (χ3n) is 20.7. The Morgan fingerprint density at radius 1 is 0.287 bits per heavy atom. The van der Waals surface area contributed by atoms with Crippen molar-refractivity contribution < 1.29 is 19.2 Å². The lowest BCUT2D eigenvalue weighted by atomic mass is 9.93. The summed E-state index contributed by atoms with van der Waals surface area (Å²) >= 11 is 3.33. The summed E-state index contributed by atoms with van der Waals surface area (Å²) in [6.07, 6.45) is 47.9. The second kappa shape index (κ2) is 41.1. The van der Waals surface area contributed by atoms with E-state index in [1.54, 1.807) is 22.7 Å². The van der Waals surface area contributed by atoms with Crippen LogP contribution in [0.1, 0.15) is 319 Å². The molecule has 8 rings (SSSR count). The van der Waals surface area contributed by atoms with E-state index in [0.717, 1.165) is 144 Å². The molecule has 2 aromatic carbocycles. The van der Waals surface area contributed by atoms with Crippen LogP contribution in [0.5, 0.6) is 0 Å². The zero-order chi connectivity index (χ0) is 66.3. The number of rotatable bonds is 51. The van der Waals surface area contributed by atoms with Crippen LogP contribution in [-0.2, 0) is 19.2 Å². The number of carbonyl (C=O) groups is 4. The Bertz CT molecular complexity index is 3070. The van der Waals surface area contributed by atoms with Gasteiger partial charge in [-0.2, -0.15) is 0 Å². The fourth-order valence-corrected chi connectivity index (χ4v) is 17.1. The molecule has 0 aliphatic carbocycles. The summed E-state index contributed by atoms with van der Waals surface area (Å²) < 4.78 is 0. The van der Waals surface area contributed by atoms with E-state index in [1.165, 1.54) is 167 Å². The van der Waals surface area contributed by atoms with Crippen LogP contribution in [0.2, 0.25) is 0 Å². The molecular formula is C84H122N4O4S2. The lowest BCUT2D eigenvalue weighted by Gasteiger charge is -2.29. The van der Waals surface area contributed by atoms with Crippen molar-refractivity contribution in [3.05, 3.63) is 127 Å². The number of unbranched alkanes of at least 4 members (excludes halogenated alkanes) is 30. The molecule has 0 bridgehead atoms. The molecule has 4 aliphatic heterocycles. The van der Waals surface area contributed by atoms with Gasteiger partial charge in [0.05, 0.1) is 54.8 Å². The van der Waals surface area contributed by atoms with Crippen LogP contribution in [0, 0.1) is 11.8 Å². The Kier molecular flexibility index (Phi) is 32.5. The van der Waals surface area contributed by atoms with Crippen LogP contribution in [-0.4, -0.2) is 69.4 Å². The average Bonchev–Trinajstić information content (AvgIpc) is 1.58. The second-order valence-corrected chi connectivity index (χ2v) is 30.2. The number of hydrogen-bond acceptors (Lipinski definition) is 6. The first-order chi connectivity index (χ1) is 46.2. The Hall–Kier alpha value is -5.32. The minimum atomic E-state index is -0.0820. The molecular weight excluding hydrogens is 1190 g/mol. The van der Waals surface area contributed by atoms with Crippen molar-refractivity contribution in [3.8, 4) is 10.4 Å². The second-order valence-electron chi connectivity index (χ2n) is 28.2. The van der Waals surface area contributed by atoms with E-state index in [2.05, 4.69) is 105 Å². The number of thiophene rings is 2. The fourth-order valence-electron chi connectivity index (χ4n) is 15.2. The molecule has 2 aromatic heterocycles. The molecule has 0 fully saturated rings. The van der Waals surface area contributed by atoms with E-state index < -0.39 is 0 Å². The highest BCUT2D eigenvalue weighted by atomic mass is 32.1. The van der Waals surface area contributed by atoms with Gasteiger partial charge in [0.25, 0.3) is 23.6 Å². The zero-order valence-corrected chi connectivity index (χ0v) is 61.2. The molecule has 0 radical (unpaired) electrons. The molecule has 0 saturated carbocycles. The van der Waals surface area contributed by atoms with E-state index in [-0.39, 0.29) is 23.6 Å². The maximum atomic E-state index is 16.1. The Balaban J connectivity index is 1.16. The molecule has 0 spiro atoms.